The summed E-state index contributed by atoms with van der Waals surface area (Å²) < 4.78 is 0. The van der Waals surface area contributed by atoms with E-state index in [0.29, 0.717) is 5.69 Å². The Labute approximate surface area is 123 Å². The summed E-state index contributed by atoms with van der Waals surface area (Å²) in [5.74, 6) is -0.373. The van der Waals surface area contributed by atoms with Crippen molar-refractivity contribution < 1.29 is 9.59 Å². The lowest BCUT2D eigenvalue weighted by atomic mass is 10.2. The number of hydrogen-bond acceptors (Lipinski definition) is 3. The minimum Gasteiger partial charge on any atom is -0.373 e. The van der Waals surface area contributed by atoms with Crippen LogP contribution in [0.25, 0.3) is 0 Å². The van der Waals surface area contributed by atoms with Gasteiger partial charge in [-0.2, -0.15) is 0 Å². The molecule has 1 atom stereocenters. The van der Waals surface area contributed by atoms with Crippen LogP contribution in [0.5, 0.6) is 0 Å². The number of carbonyl (C=O) groups is 2. The van der Waals surface area contributed by atoms with Gasteiger partial charge in [0.1, 0.15) is 6.04 Å². The van der Waals surface area contributed by atoms with Crippen LogP contribution in [0.4, 0.5) is 11.4 Å². The van der Waals surface area contributed by atoms with Crippen molar-refractivity contribution in [1.82, 2.24) is 0 Å². The van der Waals surface area contributed by atoms with Gasteiger partial charge in [0.2, 0.25) is 5.91 Å². The summed E-state index contributed by atoms with van der Waals surface area (Å²) in [5, 5.41) is 3.14. The second-order valence-electron chi connectivity index (χ2n) is 5.17. The van der Waals surface area contributed by atoms with Crippen LogP contribution in [0.15, 0.2) is 54.6 Å². The van der Waals surface area contributed by atoms with Gasteiger partial charge in [0.05, 0.1) is 12.1 Å². The highest BCUT2D eigenvalue weighted by molar-refractivity contribution is 6.23. The van der Waals surface area contributed by atoms with E-state index in [1.165, 1.54) is 4.90 Å². The van der Waals surface area contributed by atoms with Crippen molar-refractivity contribution in [3.8, 4) is 0 Å². The van der Waals surface area contributed by atoms with E-state index < -0.39 is 6.04 Å². The van der Waals surface area contributed by atoms with Gasteiger partial charge in [0.25, 0.3) is 5.91 Å². The zero-order valence-electron chi connectivity index (χ0n) is 11.7. The molecule has 1 aliphatic heterocycles. The molecular formula is C17H16N2O2. The third-order valence-corrected chi connectivity index (χ3v) is 3.55. The van der Waals surface area contributed by atoms with Gasteiger partial charge in [-0.1, -0.05) is 35.9 Å². The molecule has 0 unspecified atom stereocenters. The van der Waals surface area contributed by atoms with E-state index in [-0.39, 0.29) is 18.2 Å². The van der Waals surface area contributed by atoms with Gasteiger partial charge >= 0.3 is 0 Å². The zero-order valence-corrected chi connectivity index (χ0v) is 11.7. The molecule has 0 radical (unpaired) electrons. The first kappa shape index (κ1) is 13.4. The summed E-state index contributed by atoms with van der Waals surface area (Å²) in [7, 11) is 0. The smallest absolute Gasteiger partial charge is 0.256 e. The molecule has 0 aromatic heterocycles. The van der Waals surface area contributed by atoms with Gasteiger partial charge in [0.15, 0.2) is 0 Å². The second-order valence-corrected chi connectivity index (χ2v) is 5.17. The molecule has 1 heterocycles. The van der Waals surface area contributed by atoms with Gasteiger partial charge in [-0.15, -0.1) is 0 Å². The molecule has 2 aromatic carbocycles. The van der Waals surface area contributed by atoms with Crippen molar-refractivity contribution in [3.63, 3.8) is 0 Å². The lowest BCUT2D eigenvalue weighted by Crippen LogP contribution is -2.34. The Balaban J connectivity index is 1.79. The van der Waals surface area contributed by atoms with E-state index in [1.807, 2.05) is 49.4 Å². The molecule has 1 N–H and O–H groups in total. The molecule has 0 saturated carbocycles. The molecule has 4 heteroatoms. The Morgan fingerprint density at radius 2 is 1.67 bits per heavy atom. The molecule has 4 nitrogen and oxygen atoms in total. The number of benzene rings is 2. The maximum absolute atomic E-state index is 12.4. The summed E-state index contributed by atoms with van der Waals surface area (Å²) >= 11 is 0. The number of imide groups is 1. The summed E-state index contributed by atoms with van der Waals surface area (Å²) in [6.45, 7) is 2.01. The quantitative estimate of drug-likeness (QED) is 0.879. The maximum atomic E-state index is 12.4. The van der Waals surface area contributed by atoms with E-state index in [2.05, 4.69) is 5.32 Å². The standard InChI is InChI=1S/C17H16N2O2/c1-12-7-9-13(10-8-12)18-15-11-16(20)19(17(15)21)14-5-3-2-4-6-14/h2-10,15,18H,11H2,1H3/t15-/m0/s1. The van der Waals surface area contributed by atoms with E-state index >= 15 is 0 Å². The highest BCUT2D eigenvalue weighted by Crippen LogP contribution is 2.24. The molecule has 0 aliphatic carbocycles. The number of carbonyl (C=O) groups excluding carboxylic acids is 2. The normalized spacial score (nSPS) is 18.1. The lowest BCUT2D eigenvalue weighted by molar-refractivity contribution is -0.121. The highest BCUT2D eigenvalue weighted by atomic mass is 16.2. The van der Waals surface area contributed by atoms with Crippen molar-refractivity contribution >= 4 is 23.2 Å². The van der Waals surface area contributed by atoms with Crippen LogP contribution >= 0.6 is 0 Å². The number of rotatable bonds is 3. The topological polar surface area (TPSA) is 49.4 Å². The molecule has 1 fully saturated rings. The summed E-state index contributed by atoms with van der Waals surface area (Å²) in [5.41, 5.74) is 2.63. The van der Waals surface area contributed by atoms with E-state index in [9.17, 15) is 9.59 Å². The molecular weight excluding hydrogens is 264 g/mol. The Morgan fingerprint density at radius 3 is 2.33 bits per heavy atom. The van der Waals surface area contributed by atoms with Crippen LogP contribution in [0, 0.1) is 6.92 Å². The highest BCUT2D eigenvalue weighted by Gasteiger charge is 2.39. The predicted octanol–water partition coefficient (Wildman–Crippen LogP) is 2.74. The van der Waals surface area contributed by atoms with Crippen LogP contribution in [0.1, 0.15) is 12.0 Å². The first-order valence-corrected chi connectivity index (χ1v) is 6.90. The summed E-state index contributed by atoms with van der Waals surface area (Å²) in [4.78, 5) is 25.8. The average molecular weight is 280 g/mol. The van der Waals surface area contributed by atoms with Crippen molar-refractivity contribution in [2.75, 3.05) is 10.2 Å². The maximum Gasteiger partial charge on any atom is 0.256 e. The summed E-state index contributed by atoms with van der Waals surface area (Å²) in [6.07, 6.45) is 0.182. The van der Waals surface area contributed by atoms with E-state index in [0.717, 1.165) is 11.3 Å². The number of aryl methyl sites for hydroxylation is 1. The van der Waals surface area contributed by atoms with Gasteiger partial charge < -0.3 is 5.32 Å². The minimum absolute atomic E-state index is 0.171. The Morgan fingerprint density at radius 1 is 1.00 bits per heavy atom. The van der Waals surface area contributed by atoms with Gasteiger partial charge in [-0.25, -0.2) is 4.90 Å². The number of amides is 2. The molecule has 1 aliphatic rings. The predicted molar refractivity (Wildman–Crippen MR) is 82.1 cm³/mol. The largest absolute Gasteiger partial charge is 0.373 e. The fourth-order valence-electron chi connectivity index (χ4n) is 2.44. The fraction of sp³-hybridized carbons (Fsp3) is 0.176. The third-order valence-electron chi connectivity index (χ3n) is 3.55. The number of hydrogen-bond donors (Lipinski definition) is 1. The Kier molecular flexibility index (Phi) is 3.44. The van der Waals surface area contributed by atoms with Crippen molar-refractivity contribution in [3.05, 3.63) is 60.2 Å². The van der Waals surface area contributed by atoms with Gasteiger partial charge in [-0.05, 0) is 31.2 Å². The van der Waals surface area contributed by atoms with Crippen LogP contribution in [0.2, 0.25) is 0 Å². The van der Waals surface area contributed by atoms with Crippen LogP contribution in [0.3, 0.4) is 0 Å². The van der Waals surface area contributed by atoms with Gasteiger partial charge in [-0.3, -0.25) is 9.59 Å². The zero-order chi connectivity index (χ0) is 14.8. The molecule has 0 spiro atoms. The van der Waals surface area contributed by atoms with Crippen LogP contribution in [-0.4, -0.2) is 17.9 Å². The lowest BCUT2D eigenvalue weighted by Gasteiger charge is -2.16. The molecule has 21 heavy (non-hydrogen) atoms. The molecule has 3 rings (SSSR count). The van der Waals surface area contributed by atoms with Crippen molar-refractivity contribution in [2.45, 2.75) is 19.4 Å². The number of anilines is 2. The molecule has 106 valence electrons. The average Bonchev–Trinajstić information content (AvgIpc) is 2.77. The molecule has 1 saturated heterocycles. The second kappa shape index (κ2) is 5.40. The third kappa shape index (κ3) is 2.65. The van der Waals surface area contributed by atoms with E-state index in [4.69, 9.17) is 0 Å². The van der Waals surface area contributed by atoms with Crippen LogP contribution < -0.4 is 10.2 Å². The Hall–Kier alpha value is -2.62. The number of nitrogens with zero attached hydrogens (tertiary/aromatic N) is 1. The monoisotopic (exact) mass is 280 g/mol. The molecule has 0 bridgehead atoms. The fourth-order valence-corrected chi connectivity index (χ4v) is 2.44. The summed E-state index contributed by atoms with van der Waals surface area (Å²) in [6, 6.07) is 16.3. The Bertz CT molecular complexity index is 665. The minimum atomic E-state index is -0.500. The van der Waals surface area contributed by atoms with Crippen LogP contribution in [-0.2, 0) is 9.59 Å². The molecule has 2 aromatic rings. The first-order chi connectivity index (χ1) is 10.1. The SMILES string of the molecule is Cc1ccc(N[C@H]2CC(=O)N(c3ccccc3)C2=O)cc1. The first-order valence-electron chi connectivity index (χ1n) is 6.90. The number of para-hydroxylation sites is 1. The number of nitrogens with one attached hydrogen (secondary N) is 1. The van der Waals surface area contributed by atoms with Gasteiger partial charge in [0, 0.05) is 5.69 Å². The van der Waals surface area contributed by atoms with Crippen molar-refractivity contribution in [2.24, 2.45) is 0 Å². The van der Waals surface area contributed by atoms with E-state index in [1.54, 1.807) is 12.1 Å². The molecule has 2 amide bonds. The van der Waals surface area contributed by atoms with Crippen molar-refractivity contribution in [1.29, 1.82) is 0 Å².